The summed E-state index contributed by atoms with van der Waals surface area (Å²) in [6.45, 7) is 9.31. The molecule has 2 rings (SSSR count). The third-order valence-electron chi connectivity index (χ3n) is 3.82. The van der Waals surface area contributed by atoms with Gasteiger partial charge in [-0.25, -0.2) is 13.1 Å². The predicted molar refractivity (Wildman–Crippen MR) is 110 cm³/mol. The first-order valence-corrected chi connectivity index (χ1v) is 10.3. The lowest BCUT2D eigenvalue weighted by Gasteiger charge is -2.16. The van der Waals surface area contributed by atoms with E-state index in [1.165, 1.54) is 12.1 Å². The minimum absolute atomic E-state index is 0.163. The second-order valence-corrected chi connectivity index (χ2v) is 8.75. The van der Waals surface area contributed by atoms with Crippen molar-refractivity contribution in [3.05, 3.63) is 53.6 Å². The van der Waals surface area contributed by atoms with Crippen molar-refractivity contribution in [1.82, 2.24) is 4.72 Å². The van der Waals surface area contributed by atoms with Crippen LogP contribution in [0, 0.1) is 13.8 Å². The molecule has 27 heavy (non-hydrogen) atoms. The minimum Gasteiger partial charge on any atom is -0.374 e. The first kappa shape index (κ1) is 20.9. The number of sulfonamides is 1. The highest BCUT2D eigenvalue weighted by Crippen LogP contribution is 2.17. The standard InChI is InChI=1S/C20H27N3O3S/c1-13(2)23-27(25,26)19-8-6-17(7-9-19)22-20(24)16(5)21-18-11-14(3)10-15(4)12-18/h6-13,16,21,23H,1-5H3,(H,22,24)/t16-/m0/s1. The molecule has 2 aromatic carbocycles. The number of rotatable bonds is 7. The van der Waals surface area contributed by atoms with Crippen molar-refractivity contribution in [2.75, 3.05) is 10.6 Å². The fourth-order valence-electron chi connectivity index (χ4n) is 2.72. The van der Waals surface area contributed by atoms with E-state index in [9.17, 15) is 13.2 Å². The highest BCUT2D eigenvalue weighted by molar-refractivity contribution is 7.89. The van der Waals surface area contributed by atoms with E-state index in [-0.39, 0.29) is 16.8 Å². The van der Waals surface area contributed by atoms with E-state index < -0.39 is 16.1 Å². The SMILES string of the molecule is Cc1cc(C)cc(N[C@@H](C)C(=O)Nc2ccc(S(=O)(=O)NC(C)C)cc2)c1. The molecular formula is C20H27N3O3S. The molecule has 0 spiro atoms. The number of carbonyl (C=O) groups excluding carboxylic acids is 1. The molecule has 146 valence electrons. The molecule has 0 aliphatic carbocycles. The number of aryl methyl sites for hydroxylation is 2. The second-order valence-electron chi connectivity index (χ2n) is 7.03. The minimum atomic E-state index is -3.55. The summed E-state index contributed by atoms with van der Waals surface area (Å²) in [6.07, 6.45) is 0. The molecule has 0 heterocycles. The zero-order chi connectivity index (χ0) is 20.2. The Kier molecular flexibility index (Phi) is 6.62. The summed E-state index contributed by atoms with van der Waals surface area (Å²) >= 11 is 0. The highest BCUT2D eigenvalue weighted by Gasteiger charge is 2.16. The van der Waals surface area contributed by atoms with Gasteiger partial charge in [-0.05, 0) is 82.1 Å². The third kappa shape index (κ3) is 6.08. The van der Waals surface area contributed by atoms with Crippen molar-refractivity contribution in [1.29, 1.82) is 0 Å². The van der Waals surface area contributed by atoms with Gasteiger partial charge in [0.25, 0.3) is 0 Å². The van der Waals surface area contributed by atoms with Crippen LogP contribution in [0.4, 0.5) is 11.4 Å². The molecule has 0 saturated heterocycles. The average molecular weight is 390 g/mol. The summed E-state index contributed by atoms with van der Waals surface area (Å²) in [6, 6.07) is 11.5. The molecule has 7 heteroatoms. The van der Waals surface area contributed by atoms with Crippen LogP contribution in [0.5, 0.6) is 0 Å². The van der Waals surface area contributed by atoms with Gasteiger partial charge in [0.1, 0.15) is 6.04 Å². The Bertz CT molecular complexity index is 886. The Labute approximate surface area is 161 Å². The number of anilines is 2. The van der Waals surface area contributed by atoms with Crippen molar-refractivity contribution >= 4 is 27.3 Å². The van der Waals surface area contributed by atoms with E-state index in [0.717, 1.165) is 16.8 Å². The van der Waals surface area contributed by atoms with Gasteiger partial charge >= 0.3 is 0 Å². The van der Waals surface area contributed by atoms with E-state index in [2.05, 4.69) is 21.4 Å². The van der Waals surface area contributed by atoms with Gasteiger partial charge in [-0.2, -0.15) is 0 Å². The lowest BCUT2D eigenvalue weighted by Crippen LogP contribution is -2.32. The molecular weight excluding hydrogens is 362 g/mol. The van der Waals surface area contributed by atoms with Gasteiger partial charge in [-0.3, -0.25) is 4.79 Å². The van der Waals surface area contributed by atoms with Crippen molar-refractivity contribution in [2.24, 2.45) is 0 Å². The summed E-state index contributed by atoms with van der Waals surface area (Å²) in [7, 11) is -3.55. The Hall–Kier alpha value is -2.38. The smallest absolute Gasteiger partial charge is 0.246 e. The van der Waals surface area contributed by atoms with Gasteiger partial charge in [0.2, 0.25) is 15.9 Å². The molecule has 0 saturated carbocycles. The van der Waals surface area contributed by atoms with Gasteiger partial charge in [-0.15, -0.1) is 0 Å². The molecule has 0 aliphatic rings. The molecule has 1 amide bonds. The zero-order valence-electron chi connectivity index (χ0n) is 16.3. The van der Waals surface area contributed by atoms with Crippen molar-refractivity contribution in [3.63, 3.8) is 0 Å². The third-order valence-corrected chi connectivity index (χ3v) is 5.50. The van der Waals surface area contributed by atoms with Crippen LogP contribution in [0.15, 0.2) is 47.4 Å². The van der Waals surface area contributed by atoms with Gasteiger partial charge in [0.05, 0.1) is 4.90 Å². The molecule has 0 radical (unpaired) electrons. The first-order chi connectivity index (χ1) is 12.6. The van der Waals surface area contributed by atoms with Crippen LogP contribution in [-0.4, -0.2) is 26.4 Å². The molecule has 3 N–H and O–H groups in total. The molecule has 0 bridgehead atoms. The van der Waals surface area contributed by atoms with Crippen molar-refractivity contribution in [3.8, 4) is 0 Å². The van der Waals surface area contributed by atoms with Crippen LogP contribution in [-0.2, 0) is 14.8 Å². The molecule has 1 atom stereocenters. The summed E-state index contributed by atoms with van der Waals surface area (Å²) in [5.41, 5.74) is 3.67. The maximum Gasteiger partial charge on any atom is 0.246 e. The van der Waals surface area contributed by atoms with E-state index in [1.807, 2.05) is 26.0 Å². The molecule has 2 aromatic rings. The van der Waals surface area contributed by atoms with E-state index in [0.29, 0.717) is 5.69 Å². The summed E-state index contributed by atoms with van der Waals surface area (Å²) in [5, 5.41) is 5.98. The molecule has 0 aromatic heterocycles. The molecule has 0 unspecified atom stereocenters. The van der Waals surface area contributed by atoms with E-state index in [4.69, 9.17) is 0 Å². The second kappa shape index (κ2) is 8.54. The lowest BCUT2D eigenvalue weighted by molar-refractivity contribution is -0.116. The monoisotopic (exact) mass is 389 g/mol. The van der Waals surface area contributed by atoms with Crippen LogP contribution >= 0.6 is 0 Å². The Morgan fingerprint density at radius 1 is 0.889 bits per heavy atom. The number of hydrogen-bond acceptors (Lipinski definition) is 4. The van der Waals surface area contributed by atoms with Crippen LogP contribution in [0.25, 0.3) is 0 Å². The zero-order valence-corrected chi connectivity index (χ0v) is 17.1. The lowest BCUT2D eigenvalue weighted by atomic mass is 10.1. The number of benzene rings is 2. The number of hydrogen-bond donors (Lipinski definition) is 3. The van der Waals surface area contributed by atoms with Crippen molar-refractivity contribution < 1.29 is 13.2 Å². The Morgan fingerprint density at radius 2 is 1.44 bits per heavy atom. The van der Waals surface area contributed by atoms with Gasteiger partial charge in [-0.1, -0.05) is 6.07 Å². The Balaban J connectivity index is 2.02. The molecule has 0 aliphatic heterocycles. The number of carbonyl (C=O) groups is 1. The van der Waals surface area contributed by atoms with Crippen LogP contribution in [0.1, 0.15) is 31.9 Å². The summed E-state index contributed by atoms with van der Waals surface area (Å²) in [4.78, 5) is 12.6. The largest absolute Gasteiger partial charge is 0.374 e. The van der Waals surface area contributed by atoms with Gasteiger partial charge in [0, 0.05) is 17.4 Å². The highest BCUT2D eigenvalue weighted by atomic mass is 32.2. The predicted octanol–water partition coefficient (Wildman–Crippen LogP) is 3.43. The van der Waals surface area contributed by atoms with Crippen LogP contribution in [0.2, 0.25) is 0 Å². The van der Waals surface area contributed by atoms with E-state index in [1.54, 1.807) is 32.9 Å². The summed E-state index contributed by atoms with van der Waals surface area (Å²) in [5.74, 6) is -0.204. The van der Waals surface area contributed by atoms with Gasteiger partial charge < -0.3 is 10.6 Å². The molecule has 0 fully saturated rings. The number of amides is 1. The summed E-state index contributed by atoms with van der Waals surface area (Å²) < 4.78 is 26.8. The maximum absolute atomic E-state index is 12.4. The first-order valence-electron chi connectivity index (χ1n) is 8.85. The quantitative estimate of drug-likeness (QED) is 0.677. The van der Waals surface area contributed by atoms with Crippen LogP contribution < -0.4 is 15.4 Å². The van der Waals surface area contributed by atoms with Crippen molar-refractivity contribution in [2.45, 2.75) is 51.6 Å². The van der Waals surface area contributed by atoms with Crippen LogP contribution in [0.3, 0.4) is 0 Å². The molecule has 6 nitrogen and oxygen atoms in total. The van der Waals surface area contributed by atoms with Gasteiger partial charge in [0.15, 0.2) is 0 Å². The number of nitrogens with one attached hydrogen (secondary N) is 3. The fraction of sp³-hybridized carbons (Fsp3) is 0.350. The van der Waals surface area contributed by atoms with E-state index >= 15 is 0 Å². The maximum atomic E-state index is 12.4. The topological polar surface area (TPSA) is 87.3 Å². The average Bonchev–Trinajstić information content (AvgIpc) is 2.53. The Morgan fingerprint density at radius 3 is 1.96 bits per heavy atom. The fourth-order valence-corrected chi connectivity index (χ4v) is 3.97. The normalized spacial score (nSPS) is 12.7.